The van der Waals surface area contributed by atoms with Crippen molar-refractivity contribution in [3.63, 3.8) is 0 Å². The van der Waals surface area contributed by atoms with E-state index < -0.39 is 22.7 Å². The minimum atomic E-state index is -1.44. The van der Waals surface area contributed by atoms with Gasteiger partial charge in [0, 0.05) is 29.4 Å². The van der Waals surface area contributed by atoms with Crippen molar-refractivity contribution >= 4 is 17.6 Å². The van der Waals surface area contributed by atoms with Crippen LogP contribution in [0, 0.1) is 11.8 Å². The lowest BCUT2D eigenvalue weighted by molar-refractivity contribution is -0.171. The number of aromatic hydroxyl groups is 1. The summed E-state index contributed by atoms with van der Waals surface area (Å²) in [7, 11) is 0. The molecule has 0 aromatic heterocycles. The number of benzene rings is 1. The van der Waals surface area contributed by atoms with Gasteiger partial charge in [-0.1, -0.05) is 29.4 Å². The van der Waals surface area contributed by atoms with Gasteiger partial charge in [0.15, 0.2) is 22.8 Å². The van der Waals surface area contributed by atoms with Crippen LogP contribution in [-0.2, 0) is 16.0 Å². The van der Waals surface area contributed by atoms with Gasteiger partial charge in [-0.05, 0) is 66.5 Å². The molecule has 4 bridgehead atoms. The zero-order chi connectivity index (χ0) is 28.1. The highest BCUT2D eigenvalue weighted by Crippen LogP contribution is 2.68. The van der Waals surface area contributed by atoms with Crippen molar-refractivity contribution in [2.45, 2.75) is 83.7 Å². The lowest BCUT2D eigenvalue weighted by Crippen LogP contribution is -2.72. The number of phenols is 1. The molecule has 5 unspecified atom stereocenters. The van der Waals surface area contributed by atoms with Crippen molar-refractivity contribution in [2.75, 3.05) is 6.61 Å². The summed E-state index contributed by atoms with van der Waals surface area (Å²) in [5, 5.41) is 21.2. The maximum atomic E-state index is 14.5. The number of carbonyl (C=O) groups excluding carboxylic acids is 2. The first-order valence-corrected chi connectivity index (χ1v) is 13.7. The maximum Gasteiger partial charge on any atom is 0.200 e. The number of fused-ring (bicyclic) bond motifs is 2. The maximum absolute atomic E-state index is 14.5. The molecule has 0 amide bonds. The summed E-state index contributed by atoms with van der Waals surface area (Å²) in [5.41, 5.74) is -0.137. The van der Waals surface area contributed by atoms with E-state index in [1.807, 2.05) is 52.8 Å². The molecule has 1 spiro atoms. The smallest absolute Gasteiger partial charge is 0.200 e. The van der Waals surface area contributed by atoms with Crippen molar-refractivity contribution in [1.29, 1.82) is 0 Å². The zero-order valence-corrected chi connectivity index (χ0v) is 23.4. The molecule has 1 aromatic carbocycles. The van der Waals surface area contributed by atoms with Crippen LogP contribution in [0.4, 0.5) is 0 Å². The number of allylic oxidation sites excluding steroid dienone is 3. The van der Waals surface area contributed by atoms with Crippen LogP contribution in [0.5, 0.6) is 17.2 Å². The number of ether oxygens (including phenoxy) is 3. The third kappa shape index (κ3) is 3.29. The first-order valence-electron chi connectivity index (χ1n) is 13.7. The van der Waals surface area contributed by atoms with Gasteiger partial charge >= 0.3 is 0 Å². The summed E-state index contributed by atoms with van der Waals surface area (Å²) < 4.78 is 20.0. The van der Waals surface area contributed by atoms with Crippen LogP contribution < -0.4 is 9.47 Å². The van der Waals surface area contributed by atoms with E-state index in [2.05, 4.69) is 0 Å². The van der Waals surface area contributed by atoms with E-state index in [0.29, 0.717) is 40.9 Å². The van der Waals surface area contributed by atoms with Gasteiger partial charge in [-0.3, -0.25) is 9.59 Å². The van der Waals surface area contributed by atoms with Gasteiger partial charge in [0.2, 0.25) is 0 Å². The number of hydrogen-bond donors (Lipinski definition) is 2. The lowest BCUT2D eigenvalue weighted by atomic mass is 9.51. The Hall–Kier alpha value is -3.16. The number of ketones is 2. The number of carbonyl (C=O) groups is 2. The molecule has 7 rings (SSSR count). The first kappa shape index (κ1) is 26.1. The molecule has 1 saturated heterocycles. The Morgan fingerprint density at radius 1 is 1.15 bits per heavy atom. The highest BCUT2D eigenvalue weighted by Gasteiger charge is 2.81. The summed E-state index contributed by atoms with van der Waals surface area (Å²) in [6.07, 6.45) is 10.1. The molecule has 5 atom stereocenters. The topological polar surface area (TPSA) is 102 Å². The Labute approximate surface area is 228 Å². The Morgan fingerprint density at radius 3 is 2.59 bits per heavy atom. The van der Waals surface area contributed by atoms with Gasteiger partial charge in [0.25, 0.3) is 0 Å². The third-order valence-corrected chi connectivity index (χ3v) is 9.15. The van der Waals surface area contributed by atoms with Gasteiger partial charge in [0.1, 0.15) is 28.9 Å². The number of Topliss-reactive ketones (excluding diaryl/α,β-unsaturated/α-hetero) is 2. The van der Waals surface area contributed by atoms with E-state index in [-0.39, 0.29) is 53.7 Å². The second-order valence-electron chi connectivity index (χ2n) is 12.4. The Balaban J connectivity index is 1.65. The molecule has 2 N–H and O–H groups in total. The quantitative estimate of drug-likeness (QED) is 0.513. The Kier molecular flexibility index (Phi) is 5.63. The Bertz CT molecular complexity index is 1440. The Morgan fingerprint density at radius 2 is 1.90 bits per heavy atom. The SMILES string of the molecule is CC(C)=CCc1c2c(c(O)c3c1OC14C(=CC5CC1C(C)(C)OC4(CC=C(C)CO)C5=O)C3=O)C=CC(C)O2. The molecule has 2 fully saturated rings. The van der Waals surface area contributed by atoms with Crippen LogP contribution in [0.1, 0.15) is 75.9 Å². The molecular weight excluding hydrogens is 496 g/mol. The van der Waals surface area contributed by atoms with Crippen molar-refractivity contribution in [1.82, 2.24) is 0 Å². The minimum absolute atomic E-state index is 0.104. The average molecular weight is 533 g/mol. The molecule has 7 heteroatoms. The van der Waals surface area contributed by atoms with Gasteiger partial charge in [-0.15, -0.1) is 0 Å². The van der Waals surface area contributed by atoms with Gasteiger partial charge in [-0.25, -0.2) is 0 Å². The molecule has 0 radical (unpaired) electrons. The van der Waals surface area contributed by atoms with Gasteiger partial charge in [0.05, 0.1) is 17.8 Å². The zero-order valence-electron chi connectivity index (χ0n) is 23.4. The first-order chi connectivity index (χ1) is 18.4. The summed E-state index contributed by atoms with van der Waals surface area (Å²) in [6.45, 7) is 11.5. The molecule has 7 nitrogen and oxygen atoms in total. The lowest BCUT2D eigenvalue weighted by Gasteiger charge is -2.56. The number of aliphatic hydroxyl groups excluding tert-OH is 1. The van der Waals surface area contributed by atoms with Crippen molar-refractivity contribution in [3.8, 4) is 17.2 Å². The van der Waals surface area contributed by atoms with Gasteiger partial charge < -0.3 is 24.4 Å². The molecule has 1 aromatic rings. The van der Waals surface area contributed by atoms with Gasteiger partial charge in [-0.2, -0.15) is 0 Å². The molecule has 3 heterocycles. The predicted molar refractivity (Wildman–Crippen MR) is 146 cm³/mol. The van der Waals surface area contributed by atoms with E-state index in [9.17, 15) is 19.8 Å². The summed E-state index contributed by atoms with van der Waals surface area (Å²) in [6, 6.07) is 0. The largest absolute Gasteiger partial charge is 0.506 e. The van der Waals surface area contributed by atoms with E-state index in [1.54, 1.807) is 19.1 Å². The number of hydrogen-bond acceptors (Lipinski definition) is 7. The molecule has 3 aliphatic carbocycles. The summed E-state index contributed by atoms with van der Waals surface area (Å²) >= 11 is 0. The average Bonchev–Trinajstić information content (AvgIpc) is 3.04. The third-order valence-electron chi connectivity index (χ3n) is 9.15. The fraction of sp³-hybridized carbons (Fsp3) is 0.500. The second-order valence-corrected chi connectivity index (χ2v) is 12.4. The van der Waals surface area contributed by atoms with Crippen LogP contribution in [0.25, 0.3) is 6.08 Å². The molecule has 1 saturated carbocycles. The normalized spacial score (nSPS) is 33.1. The summed E-state index contributed by atoms with van der Waals surface area (Å²) in [5.74, 6) is -0.620. The highest BCUT2D eigenvalue weighted by atomic mass is 16.6. The van der Waals surface area contributed by atoms with Crippen molar-refractivity contribution in [3.05, 3.63) is 57.7 Å². The number of rotatable bonds is 5. The van der Waals surface area contributed by atoms with E-state index in [0.717, 1.165) is 5.57 Å². The second kappa shape index (κ2) is 8.42. The van der Waals surface area contributed by atoms with Crippen LogP contribution in [0.2, 0.25) is 0 Å². The molecule has 6 aliphatic rings. The molecule has 39 heavy (non-hydrogen) atoms. The highest BCUT2D eigenvalue weighted by molar-refractivity contribution is 6.19. The molecule has 206 valence electrons. The molecule has 3 aliphatic heterocycles. The van der Waals surface area contributed by atoms with Crippen LogP contribution in [-0.4, -0.2) is 51.3 Å². The number of aliphatic hydroxyl groups is 1. The minimum Gasteiger partial charge on any atom is -0.506 e. The van der Waals surface area contributed by atoms with E-state index >= 15 is 0 Å². The standard InChI is InChI=1S/C32H36O7/c1-16(2)7-9-21-27-20(10-8-18(4)37-27)25(34)24-26(35)22-13-19-14-23-30(5,6)39-31(29(19)36,12-11-17(3)15-33)32(22,23)38-28(21)24/h7-8,10-11,13,18-19,23,33-34H,9,12,14-15H2,1-6H3. The van der Waals surface area contributed by atoms with E-state index in [1.165, 1.54) is 0 Å². The molecular formula is C32H36O7. The van der Waals surface area contributed by atoms with Crippen LogP contribution >= 0.6 is 0 Å². The number of phenolic OH excluding ortho intramolecular Hbond substituents is 1. The summed E-state index contributed by atoms with van der Waals surface area (Å²) in [4.78, 5) is 28.6. The van der Waals surface area contributed by atoms with Crippen LogP contribution in [0.3, 0.4) is 0 Å². The fourth-order valence-corrected chi connectivity index (χ4v) is 7.34. The van der Waals surface area contributed by atoms with E-state index in [4.69, 9.17) is 14.2 Å². The predicted octanol–water partition coefficient (Wildman–Crippen LogP) is 5.03. The van der Waals surface area contributed by atoms with Crippen LogP contribution in [0.15, 0.2) is 41.0 Å². The van der Waals surface area contributed by atoms with Crippen molar-refractivity contribution in [2.24, 2.45) is 11.8 Å². The van der Waals surface area contributed by atoms with Crippen molar-refractivity contribution < 1.29 is 34.0 Å². The monoisotopic (exact) mass is 532 g/mol. The fourth-order valence-electron chi connectivity index (χ4n) is 7.34.